The van der Waals surface area contributed by atoms with Crippen molar-refractivity contribution in [1.82, 2.24) is 14.9 Å². The first-order valence-corrected chi connectivity index (χ1v) is 9.56. The number of amides is 1. The Kier molecular flexibility index (Phi) is 5.07. The molecular formula is C19H26FN3O3. The fourth-order valence-corrected chi connectivity index (χ4v) is 4.49. The van der Waals surface area contributed by atoms with E-state index in [-0.39, 0.29) is 23.2 Å². The lowest BCUT2D eigenvalue weighted by atomic mass is 9.66. The number of halogens is 1. The molecule has 7 heteroatoms. The lowest BCUT2D eigenvalue weighted by molar-refractivity contribution is -0.146. The fraction of sp³-hybridized carbons (Fsp3) is 0.737. The minimum atomic E-state index is -0.779. The van der Waals surface area contributed by atoms with Crippen LogP contribution in [0.5, 0.6) is 5.88 Å². The van der Waals surface area contributed by atoms with Crippen molar-refractivity contribution in [2.24, 2.45) is 17.3 Å². The molecule has 1 aliphatic carbocycles. The van der Waals surface area contributed by atoms with Crippen molar-refractivity contribution in [1.29, 1.82) is 0 Å². The van der Waals surface area contributed by atoms with Crippen LogP contribution in [0.2, 0.25) is 0 Å². The van der Waals surface area contributed by atoms with Gasteiger partial charge in [0.25, 0.3) is 0 Å². The Bertz CT molecular complexity index is 616. The number of hydrogen-bond donors (Lipinski definition) is 0. The molecule has 1 aromatic rings. The van der Waals surface area contributed by atoms with Crippen molar-refractivity contribution in [3.8, 4) is 5.88 Å². The molecule has 26 heavy (non-hydrogen) atoms. The largest absolute Gasteiger partial charge is 0.476 e. The van der Waals surface area contributed by atoms with Gasteiger partial charge in [-0.2, -0.15) is 0 Å². The van der Waals surface area contributed by atoms with Crippen LogP contribution in [0.1, 0.15) is 32.1 Å². The molecule has 0 radical (unpaired) electrons. The van der Waals surface area contributed by atoms with Crippen LogP contribution in [-0.4, -0.2) is 59.9 Å². The van der Waals surface area contributed by atoms with Gasteiger partial charge in [-0.3, -0.25) is 9.78 Å². The van der Waals surface area contributed by atoms with Gasteiger partial charge in [-0.05, 0) is 37.5 Å². The van der Waals surface area contributed by atoms with Crippen LogP contribution < -0.4 is 4.74 Å². The summed E-state index contributed by atoms with van der Waals surface area (Å²) < 4.78 is 24.6. The predicted octanol–water partition coefficient (Wildman–Crippen LogP) is 2.25. The molecule has 2 aliphatic heterocycles. The van der Waals surface area contributed by atoms with E-state index in [4.69, 9.17) is 9.47 Å². The van der Waals surface area contributed by atoms with Gasteiger partial charge in [0.05, 0.1) is 19.4 Å². The number of likely N-dealkylation sites (tertiary alicyclic amines) is 1. The zero-order valence-electron chi connectivity index (χ0n) is 15.0. The third-order valence-corrected chi connectivity index (χ3v) is 6.40. The van der Waals surface area contributed by atoms with Crippen LogP contribution in [0.25, 0.3) is 0 Å². The maximum absolute atomic E-state index is 13.0. The summed E-state index contributed by atoms with van der Waals surface area (Å²) in [6, 6.07) is 0. The van der Waals surface area contributed by atoms with Gasteiger partial charge >= 0.3 is 0 Å². The lowest BCUT2D eigenvalue weighted by Gasteiger charge is -2.49. The molecule has 0 aromatic carbocycles. The Morgan fingerprint density at radius 3 is 2.81 bits per heavy atom. The first-order valence-electron chi connectivity index (χ1n) is 9.56. The van der Waals surface area contributed by atoms with E-state index in [2.05, 4.69) is 9.97 Å². The van der Waals surface area contributed by atoms with Gasteiger partial charge in [-0.15, -0.1) is 0 Å². The van der Waals surface area contributed by atoms with E-state index < -0.39 is 6.17 Å². The van der Waals surface area contributed by atoms with E-state index in [0.717, 1.165) is 39.0 Å². The monoisotopic (exact) mass is 363 g/mol. The van der Waals surface area contributed by atoms with Gasteiger partial charge in [0, 0.05) is 43.9 Å². The van der Waals surface area contributed by atoms with Crippen LogP contribution in [0, 0.1) is 17.3 Å². The Balaban J connectivity index is 1.34. The standard InChI is InChI=1S/C19H26FN3O3/c20-16-9-14(10-16)18(24)23-6-1-19(2-7-23)3-8-25-12-15(19)13-26-17-11-21-4-5-22-17/h4-5,11,14-16H,1-3,6-10,12-13H2/t14?,15-,16?/m1/s1. The summed E-state index contributed by atoms with van der Waals surface area (Å²) in [7, 11) is 0. The molecule has 3 fully saturated rings. The number of alkyl halides is 1. The molecule has 4 rings (SSSR count). The van der Waals surface area contributed by atoms with Gasteiger partial charge < -0.3 is 14.4 Å². The highest BCUT2D eigenvalue weighted by atomic mass is 19.1. The zero-order chi connectivity index (χ0) is 18.0. The van der Waals surface area contributed by atoms with Crippen molar-refractivity contribution >= 4 is 5.91 Å². The third kappa shape index (κ3) is 3.54. The molecule has 3 aliphatic rings. The van der Waals surface area contributed by atoms with Crippen LogP contribution in [0.3, 0.4) is 0 Å². The fourth-order valence-electron chi connectivity index (χ4n) is 4.49. The number of aromatic nitrogens is 2. The number of nitrogens with zero attached hydrogens (tertiary/aromatic N) is 3. The third-order valence-electron chi connectivity index (χ3n) is 6.40. The Morgan fingerprint density at radius 1 is 1.31 bits per heavy atom. The first-order chi connectivity index (χ1) is 12.7. The summed E-state index contributed by atoms with van der Waals surface area (Å²) in [5.41, 5.74) is 0.152. The van der Waals surface area contributed by atoms with Crippen molar-refractivity contribution in [3.63, 3.8) is 0 Å². The molecule has 6 nitrogen and oxygen atoms in total. The predicted molar refractivity (Wildman–Crippen MR) is 92.3 cm³/mol. The lowest BCUT2D eigenvalue weighted by Crippen LogP contribution is -2.53. The van der Waals surface area contributed by atoms with E-state index >= 15 is 0 Å². The maximum Gasteiger partial charge on any atom is 0.232 e. The second kappa shape index (κ2) is 7.47. The Labute approximate surface area is 153 Å². The van der Waals surface area contributed by atoms with E-state index in [0.29, 0.717) is 31.9 Å². The van der Waals surface area contributed by atoms with Crippen LogP contribution in [0.15, 0.2) is 18.6 Å². The summed E-state index contributed by atoms with van der Waals surface area (Å²) in [6.45, 7) is 3.52. The summed E-state index contributed by atoms with van der Waals surface area (Å²) in [5, 5.41) is 0. The maximum atomic E-state index is 13.0. The Hall–Kier alpha value is -1.76. The highest BCUT2D eigenvalue weighted by Crippen LogP contribution is 2.45. The minimum Gasteiger partial charge on any atom is -0.476 e. The number of carbonyl (C=O) groups excluding carboxylic acids is 1. The van der Waals surface area contributed by atoms with Crippen molar-refractivity contribution in [2.45, 2.75) is 38.3 Å². The number of rotatable bonds is 4. The average molecular weight is 363 g/mol. The molecular weight excluding hydrogens is 337 g/mol. The van der Waals surface area contributed by atoms with Gasteiger partial charge in [-0.1, -0.05) is 0 Å². The molecule has 0 N–H and O–H groups in total. The molecule has 1 saturated carbocycles. The van der Waals surface area contributed by atoms with Crippen LogP contribution >= 0.6 is 0 Å². The van der Waals surface area contributed by atoms with Gasteiger partial charge in [0.1, 0.15) is 6.17 Å². The average Bonchev–Trinajstić information content (AvgIpc) is 2.66. The molecule has 1 spiro atoms. The number of carbonyl (C=O) groups is 1. The van der Waals surface area contributed by atoms with Crippen LogP contribution in [0.4, 0.5) is 4.39 Å². The molecule has 3 heterocycles. The van der Waals surface area contributed by atoms with Gasteiger partial charge in [0.15, 0.2) is 0 Å². The molecule has 0 unspecified atom stereocenters. The van der Waals surface area contributed by atoms with Crippen molar-refractivity contribution in [2.75, 3.05) is 32.9 Å². The molecule has 2 saturated heterocycles. The molecule has 0 bridgehead atoms. The molecule has 1 amide bonds. The number of ether oxygens (including phenoxy) is 2. The summed E-state index contributed by atoms with van der Waals surface area (Å²) in [4.78, 5) is 22.6. The molecule has 1 atom stereocenters. The van der Waals surface area contributed by atoms with Crippen molar-refractivity contribution in [3.05, 3.63) is 18.6 Å². The Morgan fingerprint density at radius 2 is 2.12 bits per heavy atom. The van der Waals surface area contributed by atoms with Gasteiger partial charge in [-0.25, -0.2) is 9.37 Å². The molecule has 1 aromatic heterocycles. The minimum absolute atomic E-state index is 0.0930. The van der Waals surface area contributed by atoms with E-state index in [9.17, 15) is 9.18 Å². The first kappa shape index (κ1) is 17.6. The second-order valence-electron chi connectivity index (χ2n) is 7.83. The summed E-state index contributed by atoms with van der Waals surface area (Å²) in [6.07, 6.45) is 7.82. The SMILES string of the molecule is O=C(C1CC(F)C1)N1CCC2(CCOC[C@@H]2COc2cnccn2)CC1. The summed E-state index contributed by atoms with van der Waals surface area (Å²) >= 11 is 0. The van der Waals surface area contributed by atoms with Crippen molar-refractivity contribution < 1.29 is 18.7 Å². The molecule has 142 valence electrons. The number of hydrogen-bond acceptors (Lipinski definition) is 5. The zero-order valence-corrected chi connectivity index (χ0v) is 15.0. The topological polar surface area (TPSA) is 64.6 Å². The van der Waals surface area contributed by atoms with E-state index in [1.165, 1.54) is 0 Å². The smallest absolute Gasteiger partial charge is 0.232 e. The quantitative estimate of drug-likeness (QED) is 0.821. The van der Waals surface area contributed by atoms with Crippen LogP contribution in [-0.2, 0) is 9.53 Å². The van der Waals surface area contributed by atoms with Gasteiger partial charge in [0.2, 0.25) is 11.8 Å². The highest BCUT2D eigenvalue weighted by molar-refractivity contribution is 5.80. The normalized spacial score (nSPS) is 30.7. The number of piperidine rings is 1. The summed E-state index contributed by atoms with van der Waals surface area (Å²) in [5.74, 6) is 0.874. The van der Waals surface area contributed by atoms with E-state index in [1.807, 2.05) is 4.90 Å². The second-order valence-corrected chi connectivity index (χ2v) is 7.83. The highest BCUT2D eigenvalue weighted by Gasteiger charge is 2.46. The van der Waals surface area contributed by atoms with E-state index in [1.54, 1.807) is 18.6 Å².